The van der Waals surface area contributed by atoms with Crippen molar-refractivity contribution in [3.8, 4) is 11.5 Å². The minimum Gasteiger partial charge on any atom is -0.493 e. The highest BCUT2D eigenvalue weighted by molar-refractivity contribution is 7.11. The Labute approximate surface area is 122 Å². The quantitative estimate of drug-likeness (QED) is 0.890. The van der Waals surface area contributed by atoms with E-state index in [2.05, 4.69) is 5.32 Å². The van der Waals surface area contributed by atoms with Gasteiger partial charge in [0.15, 0.2) is 18.1 Å². The van der Waals surface area contributed by atoms with Gasteiger partial charge < -0.3 is 14.8 Å². The average Bonchev–Trinajstić information content (AvgIpc) is 2.89. The van der Waals surface area contributed by atoms with Crippen LogP contribution in [-0.2, 0) is 11.3 Å². The van der Waals surface area contributed by atoms with E-state index < -0.39 is 0 Å². The lowest BCUT2D eigenvalue weighted by molar-refractivity contribution is -0.123. The summed E-state index contributed by atoms with van der Waals surface area (Å²) in [6.45, 7) is 2.55. The lowest BCUT2D eigenvalue weighted by atomic mass is 10.3. The molecule has 0 aliphatic carbocycles. The molecule has 0 fully saturated rings. The molecule has 5 heteroatoms. The zero-order valence-corrected chi connectivity index (χ0v) is 12.3. The van der Waals surface area contributed by atoms with Crippen molar-refractivity contribution in [3.05, 3.63) is 46.2 Å². The largest absolute Gasteiger partial charge is 0.493 e. The number of para-hydroxylation sites is 2. The molecule has 0 atom stereocenters. The maximum absolute atomic E-state index is 11.7. The Morgan fingerprint density at radius 2 is 1.95 bits per heavy atom. The minimum atomic E-state index is -0.151. The maximum Gasteiger partial charge on any atom is 0.258 e. The average molecular weight is 291 g/mol. The van der Waals surface area contributed by atoms with Gasteiger partial charge in [-0.1, -0.05) is 12.1 Å². The zero-order chi connectivity index (χ0) is 14.4. The third-order valence-electron chi connectivity index (χ3n) is 2.68. The van der Waals surface area contributed by atoms with E-state index in [0.717, 1.165) is 4.88 Å². The molecule has 4 nitrogen and oxygen atoms in total. The molecule has 0 unspecified atom stereocenters. The molecular formula is C15H17NO3S. The Morgan fingerprint density at radius 3 is 2.60 bits per heavy atom. The first kappa shape index (κ1) is 14.4. The maximum atomic E-state index is 11.7. The molecule has 1 aromatic carbocycles. The van der Waals surface area contributed by atoms with Gasteiger partial charge in [0, 0.05) is 9.75 Å². The van der Waals surface area contributed by atoms with Crippen LogP contribution in [0.5, 0.6) is 11.5 Å². The Bertz CT molecular complexity index is 580. The van der Waals surface area contributed by atoms with Crippen LogP contribution < -0.4 is 14.8 Å². The summed E-state index contributed by atoms with van der Waals surface area (Å²) in [7, 11) is 1.57. The highest BCUT2D eigenvalue weighted by Crippen LogP contribution is 2.25. The van der Waals surface area contributed by atoms with Gasteiger partial charge >= 0.3 is 0 Å². The van der Waals surface area contributed by atoms with Gasteiger partial charge in [-0.05, 0) is 31.2 Å². The van der Waals surface area contributed by atoms with Gasteiger partial charge in [-0.15, -0.1) is 11.3 Å². The second-order valence-electron chi connectivity index (χ2n) is 4.23. The number of hydrogen-bond donors (Lipinski definition) is 1. The molecule has 0 saturated heterocycles. The van der Waals surface area contributed by atoms with E-state index in [-0.39, 0.29) is 12.5 Å². The number of ether oxygens (including phenoxy) is 2. The first-order valence-electron chi connectivity index (χ1n) is 6.27. The molecule has 1 N–H and O–H groups in total. The normalized spacial score (nSPS) is 10.1. The van der Waals surface area contributed by atoms with Crippen LogP contribution in [0, 0.1) is 6.92 Å². The van der Waals surface area contributed by atoms with Gasteiger partial charge in [-0.2, -0.15) is 0 Å². The Balaban J connectivity index is 1.80. The van der Waals surface area contributed by atoms with Crippen molar-refractivity contribution in [1.29, 1.82) is 0 Å². The predicted octanol–water partition coefficient (Wildman–Crippen LogP) is 2.76. The third-order valence-corrected chi connectivity index (χ3v) is 3.68. The standard InChI is InChI=1S/C15H17NO3S/c1-11-7-8-12(20-11)9-16-15(17)10-19-14-6-4-3-5-13(14)18-2/h3-8H,9-10H2,1-2H3,(H,16,17). The number of amides is 1. The monoisotopic (exact) mass is 291 g/mol. The lowest BCUT2D eigenvalue weighted by Crippen LogP contribution is -2.28. The summed E-state index contributed by atoms with van der Waals surface area (Å²) >= 11 is 1.67. The molecule has 1 amide bonds. The van der Waals surface area contributed by atoms with Crippen LogP contribution >= 0.6 is 11.3 Å². The van der Waals surface area contributed by atoms with Gasteiger partial charge in [0.05, 0.1) is 13.7 Å². The molecule has 0 spiro atoms. The van der Waals surface area contributed by atoms with Crippen LogP contribution in [0.25, 0.3) is 0 Å². The molecule has 0 aliphatic heterocycles. The number of nitrogens with one attached hydrogen (secondary N) is 1. The van der Waals surface area contributed by atoms with Crippen LogP contribution in [0.15, 0.2) is 36.4 Å². The summed E-state index contributed by atoms with van der Waals surface area (Å²) < 4.78 is 10.6. The molecular weight excluding hydrogens is 274 g/mol. The van der Waals surface area contributed by atoms with Crippen LogP contribution in [0.3, 0.4) is 0 Å². The summed E-state index contributed by atoms with van der Waals surface area (Å²) in [5.41, 5.74) is 0. The number of aryl methyl sites for hydroxylation is 1. The SMILES string of the molecule is COc1ccccc1OCC(=O)NCc1ccc(C)s1. The number of thiophene rings is 1. The first-order valence-corrected chi connectivity index (χ1v) is 7.08. The molecule has 2 rings (SSSR count). The van der Waals surface area contributed by atoms with Crippen molar-refractivity contribution in [2.75, 3.05) is 13.7 Å². The predicted molar refractivity (Wildman–Crippen MR) is 79.4 cm³/mol. The van der Waals surface area contributed by atoms with Crippen molar-refractivity contribution >= 4 is 17.2 Å². The van der Waals surface area contributed by atoms with Gasteiger partial charge in [0.25, 0.3) is 5.91 Å². The van der Waals surface area contributed by atoms with E-state index in [1.54, 1.807) is 30.6 Å². The third kappa shape index (κ3) is 3.99. The number of methoxy groups -OCH3 is 1. The lowest BCUT2D eigenvalue weighted by Gasteiger charge is -2.10. The molecule has 0 radical (unpaired) electrons. The van der Waals surface area contributed by atoms with Gasteiger partial charge in [-0.25, -0.2) is 0 Å². The summed E-state index contributed by atoms with van der Waals surface area (Å²) in [6, 6.07) is 11.3. The number of rotatable bonds is 6. The van der Waals surface area contributed by atoms with Crippen molar-refractivity contribution < 1.29 is 14.3 Å². The van der Waals surface area contributed by atoms with Crippen LogP contribution in [0.4, 0.5) is 0 Å². The first-order chi connectivity index (χ1) is 9.69. The van der Waals surface area contributed by atoms with Crippen molar-refractivity contribution in [1.82, 2.24) is 5.32 Å². The molecule has 20 heavy (non-hydrogen) atoms. The Kier molecular flexibility index (Phi) is 5.01. The fraction of sp³-hybridized carbons (Fsp3) is 0.267. The number of benzene rings is 1. The van der Waals surface area contributed by atoms with E-state index >= 15 is 0 Å². The van der Waals surface area contributed by atoms with Crippen LogP contribution in [0.2, 0.25) is 0 Å². The molecule has 2 aromatic rings. The summed E-state index contributed by atoms with van der Waals surface area (Å²) in [4.78, 5) is 14.1. The minimum absolute atomic E-state index is 0.0231. The van der Waals surface area contributed by atoms with Crippen molar-refractivity contribution in [3.63, 3.8) is 0 Å². The molecule has 0 saturated carbocycles. The van der Waals surface area contributed by atoms with E-state index in [1.165, 1.54) is 4.88 Å². The number of carbonyl (C=O) groups is 1. The number of hydrogen-bond acceptors (Lipinski definition) is 4. The van der Waals surface area contributed by atoms with E-state index in [1.807, 2.05) is 31.2 Å². The van der Waals surface area contributed by atoms with E-state index in [4.69, 9.17) is 9.47 Å². The highest BCUT2D eigenvalue weighted by atomic mass is 32.1. The Morgan fingerprint density at radius 1 is 1.20 bits per heavy atom. The van der Waals surface area contributed by atoms with Gasteiger partial charge in [-0.3, -0.25) is 4.79 Å². The second kappa shape index (κ2) is 6.96. The van der Waals surface area contributed by atoms with Crippen molar-refractivity contribution in [2.24, 2.45) is 0 Å². The zero-order valence-electron chi connectivity index (χ0n) is 11.5. The smallest absolute Gasteiger partial charge is 0.258 e. The number of carbonyl (C=O) groups excluding carboxylic acids is 1. The van der Waals surface area contributed by atoms with Crippen LogP contribution in [-0.4, -0.2) is 19.6 Å². The van der Waals surface area contributed by atoms with Gasteiger partial charge in [0.2, 0.25) is 0 Å². The van der Waals surface area contributed by atoms with Crippen LogP contribution in [0.1, 0.15) is 9.75 Å². The highest BCUT2D eigenvalue weighted by Gasteiger charge is 2.07. The van der Waals surface area contributed by atoms with Crippen molar-refractivity contribution in [2.45, 2.75) is 13.5 Å². The fourth-order valence-corrected chi connectivity index (χ4v) is 2.53. The summed E-state index contributed by atoms with van der Waals surface area (Å²) in [6.07, 6.45) is 0. The fourth-order valence-electron chi connectivity index (χ4n) is 1.70. The van der Waals surface area contributed by atoms with Gasteiger partial charge in [0.1, 0.15) is 0 Å². The molecule has 1 heterocycles. The Hall–Kier alpha value is -2.01. The molecule has 106 valence electrons. The van der Waals surface area contributed by atoms with E-state index in [9.17, 15) is 4.79 Å². The second-order valence-corrected chi connectivity index (χ2v) is 5.60. The topological polar surface area (TPSA) is 47.6 Å². The summed E-state index contributed by atoms with van der Waals surface area (Å²) in [5.74, 6) is 1.04. The molecule has 0 aliphatic rings. The van der Waals surface area contributed by atoms with E-state index in [0.29, 0.717) is 18.0 Å². The molecule has 0 bridgehead atoms. The molecule has 1 aromatic heterocycles. The summed E-state index contributed by atoms with van der Waals surface area (Å²) in [5, 5.41) is 2.83.